The molecule has 0 spiro atoms. The molecule has 0 heterocycles. The third-order valence-corrected chi connectivity index (χ3v) is 5.17. The van der Waals surface area contributed by atoms with Crippen LogP contribution in [0.4, 0.5) is 0 Å². The van der Waals surface area contributed by atoms with Crippen LogP contribution in [0.3, 0.4) is 0 Å². The number of aldehydes is 2. The van der Waals surface area contributed by atoms with E-state index in [0.29, 0.717) is 12.6 Å². The molecule has 0 radical (unpaired) electrons. The summed E-state index contributed by atoms with van der Waals surface area (Å²) in [5.41, 5.74) is 6.12. The van der Waals surface area contributed by atoms with Crippen molar-refractivity contribution >= 4 is 42.0 Å². The first kappa shape index (κ1) is 31.1. The number of carbonyl (C=O) groups is 7. The molecular weight excluding hydrogens is 482 g/mol. The van der Waals surface area contributed by atoms with Crippen LogP contribution in [-0.4, -0.2) is 85.6 Å². The molecule has 0 bridgehead atoms. The molecule has 0 aliphatic rings. The average Bonchev–Trinajstić information content (AvgIpc) is 2.88. The Balaban J connectivity index is 2.82. The zero-order valence-electron chi connectivity index (χ0n) is 20.8. The lowest BCUT2D eigenvalue weighted by Gasteiger charge is -2.22. The highest BCUT2D eigenvalue weighted by Gasteiger charge is 2.25. The second-order valence-corrected chi connectivity index (χ2v) is 8.17. The Morgan fingerprint density at radius 1 is 0.865 bits per heavy atom. The predicted octanol–water partition coefficient (Wildman–Crippen LogP) is -1.35. The number of rotatable bonds is 19. The largest absolute Gasteiger partial charge is 0.356 e. The molecule has 1 rings (SSSR count). The SMILES string of the molecule is NCCNC(=O)CN(CCC=O)C(=O)CC(=O)NC(Cc1ccccc1)C(=O)CCC(=O)NCCC=O. The normalized spacial score (nSPS) is 11.1. The van der Waals surface area contributed by atoms with Gasteiger partial charge in [-0.05, 0) is 12.0 Å². The van der Waals surface area contributed by atoms with Crippen molar-refractivity contribution in [3.05, 3.63) is 35.9 Å². The predicted molar refractivity (Wildman–Crippen MR) is 134 cm³/mol. The van der Waals surface area contributed by atoms with E-state index >= 15 is 0 Å². The summed E-state index contributed by atoms with van der Waals surface area (Å²) >= 11 is 0. The van der Waals surface area contributed by atoms with Gasteiger partial charge in [0.1, 0.15) is 19.0 Å². The third-order valence-electron chi connectivity index (χ3n) is 5.17. The summed E-state index contributed by atoms with van der Waals surface area (Å²) in [7, 11) is 0. The van der Waals surface area contributed by atoms with Gasteiger partial charge >= 0.3 is 0 Å². The fourth-order valence-corrected chi connectivity index (χ4v) is 3.30. The van der Waals surface area contributed by atoms with Gasteiger partial charge in [-0.3, -0.25) is 24.0 Å². The Hall–Kier alpha value is -3.93. The zero-order chi connectivity index (χ0) is 27.5. The van der Waals surface area contributed by atoms with Crippen LogP contribution in [0.25, 0.3) is 0 Å². The van der Waals surface area contributed by atoms with E-state index in [1.54, 1.807) is 30.3 Å². The minimum Gasteiger partial charge on any atom is -0.356 e. The molecule has 5 N–H and O–H groups in total. The van der Waals surface area contributed by atoms with Gasteiger partial charge in [0.05, 0.1) is 12.6 Å². The molecule has 0 aliphatic heterocycles. The van der Waals surface area contributed by atoms with Gasteiger partial charge in [0.2, 0.25) is 23.6 Å². The van der Waals surface area contributed by atoms with Crippen LogP contribution in [0.1, 0.15) is 37.7 Å². The number of nitrogens with one attached hydrogen (secondary N) is 3. The van der Waals surface area contributed by atoms with Gasteiger partial charge < -0.3 is 36.2 Å². The summed E-state index contributed by atoms with van der Waals surface area (Å²) in [5.74, 6) is -2.67. The molecule has 1 unspecified atom stereocenters. The van der Waals surface area contributed by atoms with Crippen molar-refractivity contribution in [2.75, 3.05) is 32.7 Å². The Bertz CT molecular complexity index is 923. The van der Waals surface area contributed by atoms with E-state index in [0.717, 1.165) is 10.5 Å². The fraction of sp³-hybridized carbons (Fsp3) is 0.480. The van der Waals surface area contributed by atoms with Crippen molar-refractivity contribution in [2.45, 2.75) is 44.6 Å². The lowest BCUT2D eigenvalue weighted by Crippen LogP contribution is -2.46. The Labute approximate surface area is 215 Å². The number of hydrogen-bond donors (Lipinski definition) is 4. The molecule has 12 nitrogen and oxygen atoms in total. The highest BCUT2D eigenvalue weighted by atomic mass is 16.2. The van der Waals surface area contributed by atoms with Gasteiger partial charge in [-0.1, -0.05) is 30.3 Å². The van der Waals surface area contributed by atoms with Gasteiger partial charge in [-0.15, -0.1) is 0 Å². The van der Waals surface area contributed by atoms with E-state index in [4.69, 9.17) is 5.73 Å². The minimum atomic E-state index is -0.984. The summed E-state index contributed by atoms with van der Waals surface area (Å²) in [6.07, 6.45) is 0.685. The topological polar surface area (TPSA) is 185 Å². The van der Waals surface area contributed by atoms with Crippen LogP contribution in [0.2, 0.25) is 0 Å². The van der Waals surface area contributed by atoms with Crippen molar-refractivity contribution in [3.63, 3.8) is 0 Å². The third kappa shape index (κ3) is 13.7. The van der Waals surface area contributed by atoms with E-state index in [1.165, 1.54) is 0 Å². The molecule has 1 atom stereocenters. The van der Waals surface area contributed by atoms with Crippen LogP contribution in [0, 0.1) is 0 Å². The van der Waals surface area contributed by atoms with Crippen LogP contribution < -0.4 is 21.7 Å². The van der Waals surface area contributed by atoms with Crippen molar-refractivity contribution in [1.82, 2.24) is 20.9 Å². The first-order chi connectivity index (χ1) is 17.8. The summed E-state index contributed by atoms with van der Waals surface area (Å²) in [6, 6.07) is 7.95. The number of carbonyl (C=O) groups excluding carboxylic acids is 7. The van der Waals surface area contributed by atoms with Gasteiger partial charge in [0.15, 0.2) is 5.78 Å². The number of ketones is 1. The summed E-state index contributed by atoms with van der Waals surface area (Å²) < 4.78 is 0. The molecule has 0 saturated carbocycles. The first-order valence-electron chi connectivity index (χ1n) is 12.0. The number of amides is 4. The van der Waals surface area contributed by atoms with Crippen molar-refractivity contribution in [1.29, 1.82) is 0 Å². The second-order valence-electron chi connectivity index (χ2n) is 8.17. The van der Waals surface area contributed by atoms with Crippen molar-refractivity contribution < 1.29 is 33.6 Å². The number of hydrogen-bond acceptors (Lipinski definition) is 8. The van der Waals surface area contributed by atoms with Crippen LogP contribution >= 0.6 is 0 Å². The number of Topliss-reactive ketones (excluding diaryl/α,β-unsaturated/α-hetero) is 1. The maximum atomic E-state index is 12.9. The van der Waals surface area contributed by atoms with E-state index < -0.39 is 41.9 Å². The van der Waals surface area contributed by atoms with Crippen LogP contribution in [0.15, 0.2) is 30.3 Å². The summed E-state index contributed by atoms with van der Waals surface area (Å²) in [6.45, 7) is 0.220. The molecule has 0 saturated heterocycles. The molecule has 12 heteroatoms. The Morgan fingerprint density at radius 2 is 1.54 bits per heavy atom. The average molecular weight is 518 g/mol. The molecule has 0 fully saturated rings. The smallest absolute Gasteiger partial charge is 0.239 e. The second kappa shape index (κ2) is 18.4. The molecule has 4 amide bonds. The van der Waals surface area contributed by atoms with E-state index in [-0.39, 0.29) is 64.8 Å². The molecule has 1 aromatic rings. The standard InChI is InChI=1S/C25H35N5O7/c26-10-12-28-24(36)18-30(13-5-15-32)25(37)17-23(35)29-20(16-19-6-2-1-3-7-19)21(33)8-9-22(34)27-11-4-14-31/h1-3,6-7,14-15,20H,4-5,8-13,16-18,26H2,(H,27,34)(H,28,36)(H,29,35). The molecule has 1 aromatic carbocycles. The van der Waals surface area contributed by atoms with Crippen molar-refractivity contribution in [3.8, 4) is 0 Å². The number of nitrogens with two attached hydrogens (primary N) is 1. The highest BCUT2D eigenvalue weighted by Crippen LogP contribution is 2.08. The van der Waals surface area contributed by atoms with E-state index in [9.17, 15) is 33.6 Å². The zero-order valence-corrected chi connectivity index (χ0v) is 20.8. The summed E-state index contributed by atoms with van der Waals surface area (Å²) in [4.78, 5) is 84.4. The van der Waals surface area contributed by atoms with Crippen LogP contribution in [-0.2, 0) is 40.0 Å². The molecule has 0 aliphatic carbocycles. The fourth-order valence-electron chi connectivity index (χ4n) is 3.30. The molecular formula is C25H35N5O7. The molecule has 37 heavy (non-hydrogen) atoms. The maximum Gasteiger partial charge on any atom is 0.239 e. The van der Waals surface area contributed by atoms with Gasteiger partial charge in [0, 0.05) is 51.9 Å². The monoisotopic (exact) mass is 517 g/mol. The molecule has 0 aromatic heterocycles. The van der Waals surface area contributed by atoms with Gasteiger partial charge in [-0.2, -0.15) is 0 Å². The minimum absolute atomic E-state index is 0.0123. The van der Waals surface area contributed by atoms with Crippen LogP contribution in [0.5, 0.6) is 0 Å². The quantitative estimate of drug-likeness (QED) is 0.0985. The number of benzene rings is 1. The maximum absolute atomic E-state index is 12.9. The van der Waals surface area contributed by atoms with E-state index in [1.807, 2.05) is 0 Å². The van der Waals surface area contributed by atoms with Gasteiger partial charge in [0.25, 0.3) is 0 Å². The Morgan fingerprint density at radius 3 is 2.19 bits per heavy atom. The lowest BCUT2D eigenvalue weighted by atomic mass is 9.99. The Kier molecular flexibility index (Phi) is 15.4. The highest BCUT2D eigenvalue weighted by molar-refractivity contribution is 6.00. The number of nitrogens with zero attached hydrogens (tertiary/aromatic N) is 1. The summed E-state index contributed by atoms with van der Waals surface area (Å²) in [5, 5.41) is 7.62. The lowest BCUT2D eigenvalue weighted by molar-refractivity contribution is -0.140. The first-order valence-corrected chi connectivity index (χ1v) is 12.0. The molecule has 202 valence electrons. The van der Waals surface area contributed by atoms with Gasteiger partial charge in [-0.25, -0.2) is 0 Å². The van der Waals surface area contributed by atoms with E-state index in [2.05, 4.69) is 16.0 Å². The van der Waals surface area contributed by atoms with Crippen molar-refractivity contribution in [2.24, 2.45) is 5.73 Å².